The van der Waals surface area contributed by atoms with Crippen molar-refractivity contribution in [1.29, 1.82) is 0 Å². The van der Waals surface area contributed by atoms with E-state index in [1.807, 2.05) is 0 Å². The Morgan fingerprint density at radius 3 is 2.33 bits per heavy atom. The minimum absolute atomic E-state index is 0.314. The summed E-state index contributed by atoms with van der Waals surface area (Å²) in [5.41, 5.74) is 1.75. The van der Waals surface area contributed by atoms with Crippen LogP contribution in [0.15, 0.2) is 24.3 Å². The number of halogens is 1. The Morgan fingerprint density at radius 1 is 1.11 bits per heavy atom. The first kappa shape index (κ1) is 14.3. The molecule has 1 heterocycles. The molecule has 0 aromatic heterocycles. The Morgan fingerprint density at radius 2 is 1.78 bits per heavy atom. The van der Waals surface area contributed by atoms with Gasteiger partial charge in [0.05, 0.1) is 0 Å². The van der Waals surface area contributed by atoms with Gasteiger partial charge in [-0.25, -0.2) is 0 Å². The van der Waals surface area contributed by atoms with E-state index < -0.39 is 0 Å². The Bertz CT molecular complexity index is 390. The molecular formula is C15H23IN2. The first-order valence-electron chi connectivity index (χ1n) is 6.67. The number of hydrogen-bond donors (Lipinski definition) is 0. The van der Waals surface area contributed by atoms with Crippen molar-refractivity contribution < 1.29 is 0 Å². The third kappa shape index (κ3) is 3.93. The summed E-state index contributed by atoms with van der Waals surface area (Å²) in [6.07, 6.45) is 0. The molecule has 1 aliphatic rings. The van der Waals surface area contributed by atoms with Crippen LogP contribution in [0.4, 0.5) is 0 Å². The van der Waals surface area contributed by atoms with Crippen LogP contribution in [0.25, 0.3) is 0 Å². The lowest BCUT2D eigenvalue weighted by Crippen LogP contribution is -2.53. The number of benzene rings is 1. The molecule has 3 heteroatoms. The summed E-state index contributed by atoms with van der Waals surface area (Å²) in [7, 11) is 0. The first-order valence-corrected chi connectivity index (χ1v) is 7.75. The summed E-state index contributed by atoms with van der Waals surface area (Å²) >= 11 is 2.39. The van der Waals surface area contributed by atoms with Gasteiger partial charge in [0, 0.05) is 41.8 Å². The van der Waals surface area contributed by atoms with Gasteiger partial charge >= 0.3 is 0 Å². The van der Waals surface area contributed by atoms with Crippen LogP contribution in [-0.2, 0) is 6.54 Å². The zero-order valence-electron chi connectivity index (χ0n) is 11.6. The number of rotatable bonds is 2. The van der Waals surface area contributed by atoms with Crippen LogP contribution in [0, 0.1) is 3.57 Å². The third-order valence-corrected chi connectivity index (χ3v) is 4.29. The van der Waals surface area contributed by atoms with E-state index in [0.717, 1.165) is 6.54 Å². The molecule has 0 aliphatic carbocycles. The normalized spacial score (nSPS) is 19.1. The molecule has 18 heavy (non-hydrogen) atoms. The highest BCUT2D eigenvalue weighted by Gasteiger charge is 2.25. The summed E-state index contributed by atoms with van der Waals surface area (Å²) in [5, 5.41) is 0. The van der Waals surface area contributed by atoms with Crippen LogP contribution in [-0.4, -0.2) is 41.5 Å². The summed E-state index contributed by atoms with van der Waals surface area (Å²) in [6.45, 7) is 12.8. The van der Waals surface area contributed by atoms with Crippen molar-refractivity contribution in [2.24, 2.45) is 0 Å². The molecule has 0 amide bonds. The molecule has 0 bridgehead atoms. The second-order valence-electron chi connectivity index (χ2n) is 6.06. The molecule has 2 nitrogen and oxygen atoms in total. The molecule has 0 N–H and O–H groups in total. The summed E-state index contributed by atoms with van der Waals surface area (Å²) < 4.78 is 1.33. The fourth-order valence-electron chi connectivity index (χ4n) is 2.47. The predicted molar refractivity (Wildman–Crippen MR) is 85.8 cm³/mol. The third-order valence-electron chi connectivity index (χ3n) is 3.62. The van der Waals surface area contributed by atoms with E-state index in [0.29, 0.717) is 5.54 Å². The van der Waals surface area contributed by atoms with Crippen LogP contribution in [0.2, 0.25) is 0 Å². The largest absolute Gasteiger partial charge is 0.297 e. The van der Waals surface area contributed by atoms with Crippen molar-refractivity contribution in [2.45, 2.75) is 32.9 Å². The Kier molecular flexibility index (Phi) is 4.67. The lowest BCUT2D eigenvalue weighted by Gasteiger charge is -2.42. The second kappa shape index (κ2) is 5.88. The standard InChI is InChI=1S/C15H23IN2/c1-15(2,3)18-9-7-17(8-10-18)12-13-5-4-6-14(16)11-13/h4-6,11H,7-10,12H2,1-3H3. The average molecular weight is 358 g/mol. The number of nitrogens with zero attached hydrogens (tertiary/aromatic N) is 2. The predicted octanol–water partition coefficient (Wildman–Crippen LogP) is 3.21. The van der Waals surface area contributed by atoms with Gasteiger partial charge in [-0.1, -0.05) is 12.1 Å². The van der Waals surface area contributed by atoms with Gasteiger partial charge < -0.3 is 0 Å². The molecule has 0 radical (unpaired) electrons. The lowest BCUT2D eigenvalue weighted by molar-refractivity contribution is 0.0591. The highest BCUT2D eigenvalue weighted by Crippen LogP contribution is 2.17. The molecule has 0 saturated carbocycles. The van der Waals surface area contributed by atoms with Gasteiger partial charge in [0.1, 0.15) is 0 Å². The van der Waals surface area contributed by atoms with Crippen LogP contribution in [0.5, 0.6) is 0 Å². The van der Waals surface area contributed by atoms with Gasteiger partial charge in [0.25, 0.3) is 0 Å². The van der Waals surface area contributed by atoms with Gasteiger partial charge in [0.15, 0.2) is 0 Å². The van der Waals surface area contributed by atoms with Crippen LogP contribution in [0.3, 0.4) is 0 Å². The van der Waals surface area contributed by atoms with E-state index in [2.05, 4.69) is 77.4 Å². The van der Waals surface area contributed by atoms with Crippen LogP contribution < -0.4 is 0 Å². The lowest BCUT2D eigenvalue weighted by atomic mass is 10.0. The van der Waals surface area contributed by atoms with E-state index in [-0.39, 0.29) is 0 Å². The Hall–Kier alpha value is -0.130. The average Bonchev–Trinajstić information content (AvgIpc) is 2.28. The van der Waals surface area contributed by atoms with Crippen molar-refractivity contribution in [2.75, 3.05) is 26.2 Å². The van der Waals surface area contributed by atoms with Crippen LogP contribution >= 0.6 is 22.6 Å². The number of hydrogen-bond acceptors (Lipinski definition) is 2. The van der Waals surface area contributed by atoms with Crippen molar-refractivity contribution in [3.05, 3.63) is 33.4 Å². The molecule has 1 saturated heterocycles. The van der Waals surface area contributed by atoms with Crippen LogP contribution in [0.1, 0.15) is 26.3 Å². The van der Waals surface area contributed by atoms with E-state index in [4.69, 9.17) is 0 Å². The maximum atomic E-state index is 2.58. The second-order valence-corrected chi connectivity index (χ2v) is 7.31. The van der Waals surface area contributed by atoms with Crippen molar-refractivity contribution in [1.82, 2.24) is 9.80 Å². The van der Waals surface area contributed by atoms with E-state index in [1.165, 1.54) is 35.3 Å². The summed E-state index contributed by atoms with van der Waals surface area (Å²) in [6, 6.07) is 8.83. The Balaban J connectivity index is 1.87. The molecule has 100 valence electrons. The van der Waals surface area contributed by atoms with Gasteiger partial charge in [-0.05, 0) is 61.1 Å². The van der Waals surface area contributed by atoms with E-state index in [1.54, 1.807) is 0 Å². The SMILES string of the molecule is CC(C)(C)N1CCN(Cc2cccc(I)c2)CC1. The fraction of sp³-hybridized carbons (Fsp3) is 0.600. The molecule has 0 spiro atoms. The molecule has 1 aromatic rings. The fourth-order valence-corrected chi connectivity index (χ4v) is 3.08. The van der Waals surface area contributed by atoms with E-state index in [9.17, 15) is 0 Å². The molecule has 1 fully saturated rings. The van der Waals surface area contributed by atoms with Crippen molar-refractivity contribution in [3.8, 4) is 0 Å². The number of piperazine rings is 1. The zero-order chi connectivity index (χ0) is 13.2. The molecule has 1 aliphatic heterocycles. The summed E-state index contributed by atoms with van der Waals surface area (Å²) in [4.78, 5) is 5.14. The Labute approximate surface area is 124 Å². The van der Waals surface area contributed by atoms with E-state index >= 15 is 0 Å². The van der Waals surface area contributed by atoms with Gasteiger partial charge in [0.2, 0.25) is 0 Å². The van der Waals surface area contributed by atoms with Gasteiger partial charge in [-0.3, -0.25) is 9.80 Å². The molecule has 1 aromatic carbocycles. The van der Waals surface area contributed by atoms with Crippen molar-refractivity contribution in [3.63, 3.8) is 0 Å². The molecule has 0 atom stereocenters. The minimum Gasteiger partial charge on any atom is -0.297 e. The summed E-state index contributed by atoms with van der Waals surface area (Å²) in [5.74, 6) is 0. The maximum absolute atomic E-state index is 2.58. The monoisotopic (exact) mass is 358 g/mol. The highest BCUT2D eigenvalue weighted by atomic mass is 127. The van der Waals surface area contributed by atoms with Crippen molar-refractivity contribution >= 4 is 22.6 Å². The zero-order valence-corrected chi connectivity index (χ0v) is 13.8. The quantitative estimate of drug-likeness (QED) is 0.750. The topological polar surface area (TPSA) is 6.48 Å². The smallest absolute Gasteiger partial charge is 0.0235 e. The van der Waals surface area contributed by atoms with Gasteiger partial charge in [-0.2, -0.15) is 0 Å². The molecule has 0 unspecified atom stereocenters. The highest BCUT2D eigenvalue weighted by molar-refractivity contribution is 14.1. The van der Waals surface area contributed by atoms with Gasteiger partial charge in [-0.15, -0.1) is 0 Å². The first-order chi connectivity index (χ1) is 8.45. The maximum Gasteiger partial charge on any atom is 0.0235 e. The molecule has 2 rings (SSSR count). The minimum atomic E-state index is 0.314. The molecular weight excluding hydrogens is 335 g/mol.